The fourth-order valence-corrected chi connectivity index (χ4v) is 1.44. The van der Waals surface area contributed by atoms with E-state index in [1.807, 2.05) is 0 Å². The van der Waals surface area contributed by atoms with Crippen LogP contribution >= 0.6 is 0 Å². The van der Waals surface area contributed by atoms with Gasteiger partial charge in [0.15, 0.2) is 11.3 Å². The van der Waals surface area contributed by atoms with E-state index < -0.39 is 0 Å². The zero-order valence-corrected chi connectivity index (χ0v) is 7.50. The van der Waals surface area contributed by atoms with E-state index in [0.717, 1.165) is 13.1 Å². The maximum Gasteiger partial charge on any atom is 0.356 e. The van der Waals surface area contributed by atoms with Gasteiger partial charge in [-0.15, -0.1) is 0 Å². The summed E-state index contributed by atoms with van der Waals surface area (Å²) < 4.78 is 4.82. The van der Waals surface area contributed by atoms with Gasteiger partial charge in [0.1, 0.15) is 0 Å². The quantitative estimate of drug-likeness (QED) is 0.597. The van der Waals surface area contributed by atoms with Crippen molar-refractivity contribution in [3.8, 4) is 0 Å². The number of carbonyl (C=O) groups excluding carboxylic acids is 1. The predicted molar refractivity (Wildman–Crippen MR) is 45.4 cm³/mol. The zero-order chi connectivity index (χ0) is 9.31. The third-order valence-corrected chi connectivity index (χ3v) is 2.24. The number of ether oxygens (including phenoxy) is 1. The molecule has 2 heterocycles. The summed E-state index contributed by atoms with van der Waals surface area (Å²) in [6.45, 7) is 3.68. The Bertz CT molecular complexity index is 258. The molecule has 2 aliphatic rings. The van der Waals surface area contributed by atoms with Crippen molar-refractivity contribution in [3.63, 3.8) is 0 Å². The first-order chi connectivity index (χ1) is 6.26. The fraction of sp³-hybridized carbons (Fsp3) is 0.750. The van der Waals surface area contributed by atoms with Crippen LogP contribution in [-0.4, -0.2) is 37.0 Å². The highest BCUT2D eigenvalue weighted by Gasteiger charge is 2.46. The Labute approximate surface area is 76.1 Å². The molecule has 72 valence electrons. The topological polar surface area (TPSA) is 59.9 Å². The summed E-state index contributed by atoms with van der Waals surface area (Å²) in [7, 11) is 0. The number of carbonyl (C=O) groups is 1. The summed E-state index contributed by atoms with van der Waals surface area (Å²) in [5, 5.41) is 6.82. The number of hydrogen-bond acceptors (Lipinski definition) is 5. The highest BCUT2D eigenvalue weighted by atomic mass is 16.7. The van der Waals surface area contributed by atoms with Crippen molar-refractivity contribution in [2.24, 2.45) is 5.16 Å². The van der Waals surface area contributed by atoms with Crippen molar-refractivity contribution in [2.75, 3.05) is 19.7 Å². The Hall–Kier alpha value is -1.10. The maximum atomic E-state index is 11.2. The van der Waals surface area contributed by atoms with Gasteiger partial charge in [0, 0.05) is 19.5 Å². The van der Waals surface area contributed by atoms with Gasteiger partial charge in [-0.25, -0.2) is 4.79 Å². The van der Waals surface area contributed by atoms with Crippen LogP contribution in [0, 0.1) is 0 Å². The average Bonchev–Trinajstić information content (AvgIpc) is 2.47. The molecule has 0 atom stereocenters. The van der Waals surface area contributed by atoms with Gasteiger partial charge in [-0.05, 0) is 6.92 Å². The minimum atomic E-state index is -0.355. The molecule has 1 fully saturated rings. The van der Waals surface area contributed by atoms with Crippen LogP contribution in [0.3, 0.4) is 0 Å². The first-order valence-corrected chi connectivity index (χ1v) is 4.39. The Morgan fingerprint density at radius 3 is 3.00 bits per heavy atom. The molecule has 13 heavy (non-hydrogen) atoms. The second kappa shape index (κ2) is 2.99. The third kappa shape index (κ3) is 1.39. The Morgan fingerprint density at radius 2 is 2.54 bits per heavy atom. The number of nitrogens with one attached hydrogen (secondary N) is 1. The molecule has 0 aromatic rings. The average molecular weight is 184 g/mol. The minimum Gasteiger partial charge on any atom is -0.461 e. The van der Waals surface area contributed by atoms with Crippen LogP contribution in [-0.2, 0) is 14.4 Å². The third-order valence-electron chi connectivity index (χ3n) is 2.24. The molecule has 0 bridgehead atoms. The van der Waals surface area contributed by atoms with Gasteiger partial charge in [-0.3, -0.25) is 0 Å². The van der Waals surface area contributed by atoms with Gasteiger partial charge in [0.2, 0.25) is 0 Å². The molecule has 5 nitrogen and oxygen atoms in total. The Kier molecular flexibility index (Phi) is 1.95. The van der Waals surface area contributed by atoms with E-state index in [0.29, 0.717) is 18.7 Å². The standard InChI is InChI=1S/C8H12N2O3/c1-2-12-7(11)6-3-8(13-10-6)4-9-5-8/h9H,2-5H2,1H3. The second-order valence-electron chi connectivity index (χ2n) is 3.31. The molecule has 0 aromatic carbocycles. The van der Waals surface area contributed by atoms with E-state index in [2.05, 4.69) is 10.5 Å². The lowest BCUT2D eigenvalue weighted by molar-refractivity contribution is -0.135. The van der Waals surface area contributed by atoms with Crippen LogP contribution in [0.5, 0.6) is 0 Å². The second-order valence-corrected chi connectivity index (χ2v) is 3.31. The van der Waals surface area contributed by atoms with E-state index in [9.17, 15) is 4.79 Å². The summed E-state index contributed by atoms with van der Waals surface area (Å²) in [6, 6.07) is 0. The highest BCUT2D eigenvalue weighted by molar-refractivity contribution is 6.36. The van der Waals surface area contributed by atoms with Crippen molar-refractivity contribution in [1.82, 2.24) is 5.32 Å². The molecule has 2 rings (SSSR count). The van der Waals surface area contributed by atoms with Crippen LogP contribution in [0.1, 0.15) is 13.3 Å². The lowest BCUT2D eigenvalue weighted by atomic mass is 9.91. The molecule has 0 saturated carbocycles. The van der Waals surface area contributed by atoms with Crippen molar-refractivity contribution >= 4 is 11.7 Å². The molecule has 1 spiro atoms. The molecule has 0 aliphatic carbocycles. The number of esters is 1. The van der Waals surface area contributed by atoms with E-state index in [1.165, 1.54) is 0 Å². The number of nitrogens with zero attached hydrogens (tertiary/aromatic N) is 1. The SMILES string of the molecule is CCOC(=O)C1=NOC2(CNC2)C1. The van der Waals surface area contributed by atoms with Crippen molar-refractivity contribution in [2.45, 2.75) is 18.9 Å². The summed E-state index contributed by atoms with van der Waals surface area (Å²) in [5.74, 6) is -0.355. The van der Waals surface area contributed by atoms with Gasteiger partial charge in [0.25, 0.3) is 0 Å². The molecular weight excluding hydrogens is 172 g/mol. The van der Waals surface area contributed by atoms with E-state index in [-0.39, 0.29) is 11.6 Å². The number of rotatable bonds is 2. The smallest absolute Gasteiger partial charge is 0.356 e. The van der Waals surface area contributed by atoms with E-state index in [1.54, 1.807) is 6.92 Å². The number of hydrogen-bond donors (Lipinski definition) is 1. The van der Waals surface area contributed by atoms with E-state index in [4.69, 9.17) is 9.57 Å². The molecule has 0 unspecified atom stereocenters. The molecule has 5 heteroatoms. The van der Waals surface area contributed by atoms with Crippen molar-refractivity contribution in [1.29, 1.82) is 0 Å². The van der Waals surface area contributed by atoms with Gasteiger partial charge in [-0.1, -0.05) is 5.16 Å². The summed E-state index contributed by atoms with van der Waals surface area (Å²) in [4.78, 5) is 16.4. The summed E-state index contributed by atoms with van der Waals surface area (Å²) in [5.41, 5.74) is 0.158. The van der Waals surface area contributed by atoms with Gasteiger partial charge >= 0.3 is 5.97 Å². The van der Waals surface area contributed by atoms with Crippen molar-refractivity contribution in [3.05, 3.63) is 0 Å². The molecule has 0 aromatic heterocycles. The summed E-state index contributed by atoms with van der Waals surface area (Å²) in [6.07, 6.45) is 0.568. The van der Waals surface area contributed by atoms with E-state index >= 15 is 0 Å². The zero-order valence-electron chi connectivity index (χ0n) is 7.50. The largest absolute Gasteiger partial charge is 0.461 e. The monoisotopic (exact) mass is 184 g/mol. The molecule has 1 saturated heterocycles. The lowest BCUT2D eigenvalue weighted by Gasteiger charge is -2.35. The highest BCUT2D eigenvalue weighted by Crippen LogP contribution is 2.27. The van der Waals surface area contributed by atoms with Gasteiger partial charge in [0.05, 0.1) is 6.61 Å². The Balaban J connectivity index is 1.92. The number of oxime groups is 1. The van der Waals surface area contributed by atoms with Crippen LogP contribution in [0.2, 0.25) is 0 Å². The Morgan fingerprint density at radius 1 is 1.77 bits per heavy atom. The van der Waals surface area contributed by atoms with Crippen LogP contribution < -0.4 is 5.32 Å². The van der Waals surface area contributed by atoms with Crippen LogP contribution in [0.15, 0.2) is 5.16 Å². The molecule has 0 radical (unpaired) electrons. The fourth-order valence-electron chi connectivity index (χ4n) is 1.44. The van der Waals surface area contributed by atoms with Gasteiger partial charge in [-0.2, -0.15) is 0 Å². The van der Waals surface area contributed by atoms with Gasteiger partial charge < -0.3 is 14.9 Å². The first-order valence-electron chi connectivity index (χ1n) is 4.39. The minimum absolute atomic E-state index is 0.248. The lowest BCUT2D eigenvalue weighted by Crippen LogP contribution is -2.59. The summed E-state index contributed by atoms with van der Waals surface area (Å²) >= 11 is 0. The maximum absolute atomic E-state index is 11.2. The molecule has 2 aliphatic heterocycles. The first kappa shape index (κ1) is 8.50. The predicted octanol–water partition coefficient (Wildman–Crippen LogP) is -0.332. The molecular formula is C8H12N2O3. The normalized spacial score (nSPS) is 23.3. The van der Waals surface area contributed by atoms with Crippen LogP contribution in [0.25, 0.3) is 0 Å². The molecule has 0 amide bonds. The van der Waals surface area contributed by atoms with Crippen molar-refractivity contribution < 1.29 is 14.4 Å². The molecule has 1 N–H and O–H groups in total. The van der Waals surface area contributed by atoms with Crippen LogP contribution in [0.4, 0.5) is 0 Å².